The molecule has 2 aromatic rings. The molecule has 0 amide bonds. The Balaban J connectivity index is 2.17. The number of hydrogen-bond acceptors (Lipinski definition) is 3. The molecule has 2 aromatic carbocycles. The van der Waals surface area contributed by atoms with E-state index in [2.05, 4.69) is 0 Å². The summed E-state index contributed by atoms with van der Waals surface area (Å²) in [5, 5.41) is 22.6. The molecule has 0 radical (unpaired) electrons. The number of Topliss-reactive ketones (excluding diaryl/α,β-unsaturated/α-hetero) is 1. The first kappa shape index (κ1) is 12.3. The summed E-state index contributed by atoms with van der Waals surface area (Å²) in [6.45, 7) is 1.37. The highest BCUT2D eigenvalue weighted by Gasteiger charge is 2.40. The molecule has 1 aliphatic carbocycles. The highest BCUT2D eigenvalue weighted by molar-refractivity contribution is 5.88. The summed E-state index contributed by atoms with van der Waals surface area (Å²) in [4.78, 5) is 11.6. The molecule has 3 rings (SSSR count). The van der Waals surface area contributed by atoms with Crippen LogP contribution in [0.1, 0.15) is 30.6 Å². The quantitative estimate of drug-likeness (QED) is 0.822. The van der Waals surface area contributed by atoms with Crippen molar-refractivity contribution in [1.29, 1.82) is 0 Å². The van der Waals surface area contributed by atoms with Crippen LogP contribution in [0.25, 0.3) is 10.8 Å². The van der Waals surface area contributed by atoms with Crippen LogP contribution in [0.4, 0.5) is 0 Å². The summed E-state index contributed by atoms with van der Waals surface area (Å²) in [5.74, 6) is -0.287. The van der Waals surface area contributed by atoms with Crippen molar-refractivity contribution in [3.8, 4) is 0 Å². The minimum absolute atomic E-state index is 0.0771. The lowest BCUT2D eigenvalue weighted by molar-refractivity contribution is -0.139. The van der Waals surface area contributed by atoms with Crippen molar-refractivity contribution in [1.82, 2.24) is 0 Å². The van der Waals surface area contributed by atoms with Crippen molar-refractivity contribution in [3.05, 3.63) is 47.5 Å². The molecular weight excluding hydrogens is 240 g/mol. The van der Waals surface area contributed by atoms with Crippen LogP contribution in [-0.2, 0) is 11.2 Å². The molecule has 19 heavy (non-hydrogen) atoms. The molecule has 3 heteroatoms. The van der Waals surface area contributed by atoms with E-state index in [-0.39, 0.29) is 18.6 Å². The highest BCUT2D eigenvalue weighted by Crippen LogP contribution is 2.38. The van der Waals surface area contributed by atoms with Gasteiger partial charge in [-0.15, -0.1) is 0 Å². The Morgan fingerprint density at radius 2 is 1.89 bits per heavy atom. The van der Waals surface area contributed by atoms with Crippen molar-refractivity contribution < 1.29 is 15.0 Å². The number of aliphatic hydroxyl groups excluding tert-OH is 1. The largest absolute Gasteiger partial charge is 0.388 e. The third-order valence-electron chi connectivity index (χ3n) is 4.04. The number of aliphatic hydroxyl groups is 2. The van der Waals surface area contributed by atoms with E-state index in [0.717, 1.165) is 21.9 Å². The molecule has 2 atom stereocenters. The second-order valence-corrected chi connectivity index (χ2v) is 5.38. The first-order chi connectivity index (χ1) is 8.99. The van der Waals surface area contributed by atoms with E-state index in [1.54, 1.807) is 0 Å². The van der Waals surface area contributed by atoms with E-state index in [1.165, 1.54) is 6.92 Å². The van der Waals surface area contributed by atoms with E-state index in [9.17, 15) is 15.0 Å². The van der Waals surface area contributed by atoms with Gasteiger partial charge in [0.1, 0.15) is 5.60 Å². The van der Waals surface area contributed by atoms with Crippen LogP contribution in [0.3, 0.4) is 0 Å². The smallest absolute Gasteiger partial charge is 0.161 e. The van der Waals surface area contributed by atoms with Gasteiger partial charge in [-0.1, -0.05) is 30.3 Å². The number of rotatable bonds is 1. The molecule has 3 nitrogen and oxygen atoms in total. The fourth-order valence-corrected chi connectivity index (χ4v) is 2.85. The van der Waals surface area contributed by atoms with Crippen LogP contribution in [0.5, 0.6) is 0 Å². The van der Waals surface area contributed by atoms with Crippen LogP contribution in [0.2, 0.25) is 0 Å². The number of ketones is 1. The van der Waals surface area contributed by atoms with Gasteiger partial charge in [-0.3, -0.25) is 4.79 Å². The van der Waals surface area contributed by atoms with Gasteiger partial charge in [0.25, 0.3) is 0 Å². The molecule has 0 spiro atoms. The minimum atomic E-state index is -1.44. The lowest BCUT2D eigenvalue weighted by Crippen LogP contribution is -2.43. The second kappa shape index (κ2) is 4.15. The normalized spacial score (nSPS) is 26.2. The zero-order valence-electron chi connectivity index (χ0n) is 10.8. The molecule has 98 valence electrons. The number of carbonyl (C=O) groups is 1. The number of hydrogen-bond donors (Lipinski definition) is 2. The number of fused-ring (bicyclic) bond motifs is 2. The minimum Gasteiger partial charge on any atom is -0.388 e. The topological polar surface area (TPSA) is 57.5 Å². The first-order valence-electron chi connectivity index (χ1n) is 6.43. The lowest BCUT2D eigenvalue weighted by Gasteiger charge is -2.34. The van der Waals surface area contributed by atoms with Gasteiger partial charge in [0.15, 0.2) is 5.78 Å². The van der Waals surface area contributed by atoms with Crippen LogP contribution in [0.15, 0.2) is 36.4 Å². The molecule has 0 aromatic heterocycles. The SMILES string of the molecule is CC(=O)[C@]1(O)Cc2cc3ccccc3cc2[C@@H](O)C1. The number of carbonyl (C=O) groups excluding carboxylic acids is 1. The summed E-state index contributed by atoms with van der Waals surface area (Å²) in [7, 11) is 0. The Morgan fingerprint density at radius 3 is 2.53 bits per heavy atom. The van der Waals surface area contributed by atoms with Gasteiger partial charge in [-0.05, 0) is 34.9 Å². The van der Waals surface area contributed by atoms with E-state index in [1.807, 2.05) is 36.4 Å². The maximum Gasteiger partial charge on any atom is 0.161 e. The monoisotopic (exact) mass is 256 g/mol. The number of benzene rings is 2. The summed E-state index contributed by atoms with van der Waals surface area (Å²) in [5.41, 5.74) is 0.245. The first-order valence-corrected chi connectivity index (χ1v) is 6.43. The Hall–Kier alpha value is -1.71. The molecule has 0 aliphatic heterocycles. The van der Waals surface area contributed by atoms with Crippen molar-refractivity contribution in [3.63, 3.8) is 0 Å². The summed E-state index contributed by atoms with van der Waals surface area (Å²) in [6, 6.07) is 11.8. The molecule has 0 bridgehead atoms. The zero-order chi connectivity index (χ0) is 13.6. The fourth-order valence-electron chi connectivity index (χ4n) is 2.85. The van der Waals surface area contributed by atoms with Gasteiger partial charge in [-0.2, -0.15) is 0 Å². The maximum atomic E-state index is 11.6. The average Bonchev–Trinajstić information content (AvgIpc) is 2.36. The highest BCUT2D eigenvalue weighted by atomic mass is 16.3. The Morgan fingerprint density at radius 1 is 1.26 bits per heavy atom. The van der Waals surface area contributed by atoms with Gasteiger partial charge in [-0.25, -0.2) is 0 Å². The van der Waals surface area contributed by atoms with Gasteiger partial charge >= 0.3 is 0 Å². The van der Waals surface area contributed by atoms with Crippen molar-refractivity contribution in [2.75, 3.05) is 0 Å². The molecule has 0 fully saturated rings. The molecule has 0 saturated heterocycles. The molecule has 2 N–H and O–H groups in total. The van der Waals surface area contributed by atoms with Crippen LogP contribution in [-0.4, -0.2) is 21.6 Å². The van der Waals surface area contributed by atoms with E-state index < -0.39 is 11.7 Å². The Labute approximate surface area is 111 Å². The molecule has 0 unspecified atom stereocenters. The Kier molecular flexibility index (Phi) is 2.69. The van der Waals surface area contributed by atoms with Crippen LogP contribution >= 0.6 is 0 Å². The predicted molar refractivity (Wildman–Crippen MR) is 72.9 cm³/mol. The summed E-state index contributed by atoms with van der Waals surface area (Å²) < 4.78 is 0. The van der Waals surface area contributed by atoms with Crippen LogP contribution in [0, 0.1) is 0 Å². The standard InChI is InChI=1S/C16H16O3/c1-10(17)16(19)8-13-6-11-4-2-3-5-12(11)7-14(13)15(18)9-16/h2-7,15,18-19H,8-9H2,1H3/t15-,16-/m0/s1. The van der Waals surface area contributed by atoms with Crippen molar-refractivity contribution >= 4 is 16.6 Å². The van der Waals surface area contributed by atoms with Gasteiger partial charge < -0.3 is 10.2 Å². The maximum absolute atomic E-state index is 11.6. The third kappa shape index (κ3) is 1.95. The summed E-state index contributed by atoms with van der Waals surface area (Å²) in [6.07, 6.45) is -0.435. The predicted octanol–water partition coefficient (Wildman–Crippen LogP) is 2.14. The molecule has 0 saturated carbocycles. The van der Waals surface area contributed by atoms with Gasteiger partial charge in [0, 0.05) is 12.8 Å². The van der Waals surface area contributed by atoms with E-state index in [0.29, 0.717) is 0 Å². The zero-order valence-corrected chi connectivity index (χ0v) is 10.8. The second-order valence-electron chi connectivity index (χ2n) is 5.38. The lowest BCUT2D eigenvalue weighted by atomic mass is 9.76. The van der Waals surface area contributed by atoms with Crippen molar-refractivity contribution in [2.24, 2.45) is 0 Å². The Bertz CT molecular complexity index is 662. The van der Waals surface area contributed by atoms with Crippen LogP contribution < -0.4 is 0 Å². The van der Waals surface area contributed by atoms with Crippen molar-refractivity contribution in [2.45, 2.75) is 31.5 Å². The van der Waals surface area contributed by atoms with E-state index >= 15 is 0 Å². The van der Waals surface area contributed by atoms with Gasteiger partial charge in [0.2, 0.25) is 0 Å². The molecule has 1 aliphatic rings. The van der Waals surface area contributed by atoms with E-state index in [4.69, 9.17) is 0 Å². The average molecular weight is 256 g/mol. The summed E-state index contributed by atoms with van der Waals surface area (Å²) >= 11 is 0. The van der Waals surface area contributed by atoms with Gasteiger partial charge in [0.05, 0.1) is 6.10 Å². The fraction of sp³-hybridized carbons (Fsp3) is 0.312. The third-order valence-corrected chi connectivity index (χ3v) is 4.04. The molecule has 0 heterocycles. The molecular formula is C16H16O3.